The van der Waals surface area contributed by atoms with Crippen LogP contribution in [0.2, 0.25) is 5.02 Å². The SMILES string of the molecule is Nc1c(F)cccc1-c1nc2cc(Cl)c(F)cc2o1. The molecule has 19 heavy (non-hydrogen) atoms. The topological polar surface area (TPSA) is 52.0 Å². The Morgan fingerprint density at radius 3 is 2.74 bits per heavy atom. The Kier molecular flexibility index (Phi) is 2.64. The fourth-order valence-electron chi connectivity index (χ4n) is 1.76. The molecule has 2 N–H and O–H groups in total. The molecule has 0 fully saturated rings. The third-order valence-corrected chi connectivity index (χ3v) is 3.00. The Hall–Kier alpha value is -2.14. The fraction of sp³-hybridized carbons (Fsp3) is 0. The lowest BCUT2D eigenvalue weighted by Gasteiger charge is -2.01. The summed E-state index contributed by atoms with van der Waals surface area (Å²) in [5, 5.41) is -0.0560. The highest BCUT2D eigenvalue weighted by atomic mass is 35.5. The van der Waals surface area contributed by atoms with Gasteiger partial charge in [-0.05, 0) is 18.2 Å². The van der Waals surface area contributed by atoms with Gasteiger partial charge < -0.3 is 10.2 Å². The second-order valence-electron chi connectivity index (χ2n) is 3.95. The van der Waals surface area contributed by atoms with Crippen molar-refractivity contribution >= 4 is 28.4 Å². The van der Waals surface area contributed by atoms with Crippen molar-refractivity contribution in [2.45, 2.75) is 0 Å². The molecule has 0 radical (unpaired) electrons. The van der Waals surface area contributed by atoms with Crippen LogP contribution in [0.1, 0.15) is 0 Å². The molecule has 3 aromatic rings. The molecule has 0 aliphatic rings. The zero-order valence-corrected chi connectivity index (χ0v) is 10.2. The minimum Gasteiger partial charge on any atom is -0.436 e. The van der Waals surface area contributed by atoms with Crippen LogP contribution in [0.15, 0.2) is 34.7 Å². The molecule has 96 valence electrons. The number of oxazole rings is 1. The number of para-hydroxylation sites is 1. The molecule has 1 heterocycles. The molecule has 3 rings (SSSR count). The van der Waals surface area contributed by atoms with Crippen molar-refractivity contribution in [2.24, 2.45) is 0 Å². The lowest BCUT2D eigenvalue weighted by Crippen LogP contribution is -1.93. The molecule has 6 heteroatoms. The summed E-state index contributed by atoms with van der Waals surface area (Å²) in [6, 6.07) is 6.76. The average Bonchev–Trinajstić information content (AvgIpc) is 2.76. The molecule has 0 saturated heterocycles. The molecule has 1 aromatic heterocycles. The van der Waals surface area contributed by atoms with Crippen molar-refractivity contribution in [1.82, 2.24) is 4.98 Å². The number of hydrogen-bond acceptors (Lipinski definition) is 3. The molecular formula is C13H7ClF2N2O. The number of anilines is 1. The van der Waals surface area contributed by atoms with Gasteiger partial charge in [0.15, 0.2) is 5.58 Å². The predicted molar refractivity (Wildman–Crippen MR) is 68.8 cm³/mol. The number of hydrogen-bond donors (Lipinski definition) is 1. The van der Waals surface area contributed by atoms with E-state index in [-0.39, 0.29) is 22.2 Å². The Morgan fingerprint density at radius 1 is 1.16 bits per heavy atom. The number of nitrogens with two attached hydrogens (primary N) is 1. The van der Waals surface area contributed by atoms with E-state index in [2.05, 4.69) is 4.98 Å². The van der Waals surface area contributed by atoms with Crippen molar-refractivity contribution in [3.63, 3.8) is 0 Å². The monoisotopic (exact) mass is 280 g/mol. The quantitative estimate of drug-likeness (QED) is 0.685. The summed E-state index contributed by atoms with van der Waals surface area (Å²) >= 11 is 5.66. The number of halogens is 3. The minimum atomic E-state index is -0.607. The molecular weight excluding hydrogens is 274 g/mol. The maximum atomic E-state index is 13.4. The van der Waals surface area contributed by atoms with Gasteiger partial charge in [-0.15, -0.1) is 0 Å². The highest BCUT2D eigenvalue weighted by Gasteiger charge is 2.15. The molecule has 0 unspecified atom stereocenters. The molecule has 0 amide bonds. The third kappa shape index (κ3) is 1.92. The maximum Gasteiger partial charge on any atom is 0.229 e. The third-order valence-electron chi connectivity index (χ3n) is 2.71. The van der Waals surface area contributed by atoms with E-state index in [1.54, 1.807) is 6.07 Å². The van der Waals surface area contributed by atoms with Gasteiger partial charge >= 0.3 is 0 Å². The number of nitrogen functional groups attached to an aromatic ring is 1. The highest BCUT2D eigenvalue weighted by molar-refractivity contribution is 6.31. The van der Waals surface area contributed by atoms with Crippen LogP contribution in [-0.2, 0) is 0 Å². The van der Waals surface area contributed by atoms with Gasteiger partial charge in [0.05, 0.1) is 16.3 Å². The van der Waals surface area contributed by atoms with Gasteiger partial charge in [-0.2, -0.15) is 0 Å². The molecule has 0 atom stereocenters. The Labute approximate surface area is 111 Å². The van der Waals surface area contributed by atoms with Crippen LogP contribution in [0.4, 0.5) is 14.5 Å². The summed E-state index contributed by atoms with van der Waals surface area (Å²) in [6.45, 7) is 0. The van der Waals surface area contributed by atoms with Gasteiger partial charge in [-0.1, -0.05) is 17.7 Å². The summed E-state index contributed by atoms with van der Waals surface area (Å²) in [7, 11) is 0. The zero-order chi connectivity index (χ0) is 13.6. The van der Waals surface area contributed by atoms with Gasteiger partial charge in [0.25, 0.3) is 0 Å². The lowest BCUT2D eigenvalue weighted by atomic mass is 10.2. The molecule has 2 aromatic carbocycles. The van der Waals surface area contributed by atoms with Gasteiger partial charge in [0.1, 0.15) is 17.2 Å². The molecule has 3 nitrogen and oxygen atoms in total. The van der Waals surface area contributed by atoms with Crippen LogP contribution in [0.3, 0.4) is 0 Å². The number of aromatic nitrogens is 1. The number of rotatable bonds is 1. The van der Waals surface area contributed by atoms with Crippen molar-refractivity contribution in [3.05, 3.63) is 47.0 Å². The lowest BCUT2D eigenvalue weighted by molar-refractivity contribution is 0.600. The molecule has 0 aliphatic heterocycles. The summed E-state index contributed by atoms with van der Waals surface area (Å²) in [4.78, 5) is 4.12. The Balaban J connectivity index is 2.23. The average molecular weight is 281 g/mol. The minimum absolute atomic E-state index is 0.0560. The molecule has 0 aliphatic carbocycles. The first-order valence-corrected chi connectivity index (χ1v) is 5.74. The van der Waals surface area contributed by atoms with Crippen LogP contribution >= 0.6 is 11.6 Å². The van der Waals surface area contributed by atoms with Crippen molar-refractivity contribution in [1.29, 1.82) is 0 Å². The number of nitrogens with zero attached hydrogens (tertiary/aromatic N) is 1. The largest absolute Gasteiger partial charge is 0.436 e. The second kappa shape index (κ2) is 4.20. The summed E-state index contributed by atoms with van der Waals surface area (Å²) < 4.78 is 32.0. The van der Waals surface area contributed by atoms with Crippen LogP contribution in [0.5, 0.6) is 0 Å². The van der Waals surface area contributed by atoms with E-state index in [4.69, 9.17) is 21.8 Å². The highest BCUT2D eigenvalue weighted by Crippen LogP contribution is 2.31. The zero-order valence-electron chi connectivity index (χ0n) is 9.45. The second-order valence-corrected chi connectivity index (χ2v) is 4.36. The Morgan fingerprint density at radius 2 is 1.95 bits per heavy atom. The van der Waals surface area contributed by atoms with E-state index < -0.39 is 11.6 Å². The first-order chi connectivity index (χ1) is 9.06. The number of fused-ring (bicyclic) bond motifs is 1. The first-order valence-electron chi connectivity index (χ1n) is 5.36. The van der Waals surface area contributed by atoms with Crippen LogP contribution in [-0.4, -0.2) is 4.98 Å². The summed E-state index contributed by atoms with van der Waals surface area (Å²) in [5.74, 6) is -1.05. The Bertz CT molecular complexity index is 747. The van der Waals surface area contributed by atoms with Crippen LogP contribution < -0.4 is 5.73 Å². The molecule has 0 bridgehead atoms. The van der Waals surface area contributed by atoms with Crippen LogP contribution in [0, 0.1) is 11.6 Å². The normalized spacial score (nSPS) is 11.1. The smallest absolute Gasteiger partial charge is 0.229 e. The van der Waals surface area contributed by atoms with Crippen molar-refractivity contribution in [2.75, 3.05) is 5.73 Å². The van der Waals surface area contributed by atoms with E-state index in [9.17, 15) is 8.78 Å². The molecule has 0 saturated carbocycles. The first kappa shape index (κ1) is 11.9. The summed E-state index contributed by atoms with van der Waals surface area (Å²) in [6.07, 6.45) is 0. The maximum absolute atomic E-state index is 13.4. The van der Waals surface area contributed by atoms with E-state index in [1.807, 2.05) is 0 Å². The van der Waals surface area contributed by atoms with Crippen molar-refractivity contribution < 1.29 is 13.2 Å². The van der Waals surface area contributed by atoms with Gasteiger partial charge in [-0.25, -0.2) is 13.8 Å². The van der Waals surface area contributed by atoms with E-state index in [0.717, 1.165) is 6.07 Å². The van der Waals surface area contributed by atoms with E-state index >= 15 is 0 Å². The summed E-state index contributed by atoms with van der Waals surface area (Å²) in [5.41, 5.74) is 6.47. The molecule has 0 spiro atoms. The van der Waals surface area contributed by atoms with Gasteiger partial charge in [-0.3, -0.25) is 0 Å². The predicted octanol–water partition coefficient (Wildman–Crippen LogP) is 4.01. The number of benzene rings is 2. The van der Waals surface area contributed by atoms with Crippen LogP contribution in [0.25, 0.3) is 22.6 Å². The van der Waals surface area contributed by atoms with Gasteiger partial charge in [0, 0.05) is 6.07 Å². The van der Waals surface area contributed by atoms with E-state index in [1.165, 1.54) is 18.2 Å². The van der Waals surface area contributed by atoms with Gasteiger partial charge in [0.2, 0.25) is 5.89 Å². The van der Waals surface area contributed by atoms with Crippen molar-refractivity contribution in [3.8, 4) is 11.5 Å². The standard InChI is InChI=1S/C13H7ClF2N2O/c14-7-4-10-11(5-9(7)16)19-13(18-10)6-2-1-3-8(15)12(6)17/h1-5H,17H2. The fourth-order valence-corrected chi connectivity index (χ4v) is 1.92. The van der Waals surface area contributed by atoms with E-state index in [0.29, 0.717) is 11.1 Å².